The molecule has 2 fully saturated rings. The molecule has 3 N–H and O–H groups in total. The third kappa shape index (κ3) is 8.09. The quantitative estimate of drug-likeness (QED) is 0.272. The lowest BCUT2D eigenvalue weighted by molar-refractivity contribution is -0.147. The Labute approximate surface area is 223 Å². The largest absolute Gasteiger partial charge is 0.344 e. The Morgan fingerprint density at radius 3 is 2.37 bits per heavy atom. The lowest BCUT2D eigenvalue weighted by Crippen LogP contribution is -2.57. The first kappa shape index (κ1) is 30.9. The average molecular weight is 536 g/mol. The molecule has 2 heterocycles. The summed E-state index contributed by atoms with van der Waals surface area (Å²) in [6, 6.07) is -4.14. The number of hydrogen-bond donors (Lipinski definition) is 3. The van der Waals surface area contributed by atoms with Gasteiger partial charge >= 0.3 is 0 Å². The highest BCUT2D eigenvalue weighted by molar-refractivity contribution is 5.97. The first-order chi connectivity index (χ1) is 17.9. The van der Waals surface area contributed by atoms with Crippen molar-refractivity contribution in [3.05, 3.63) is 0 Å². The third-order valence-electron chi connectivity index (χ3n) is 7.05. The van der Waals surface area contributed by atoms with Crippen molar-refractivity contribution in [2.45, 2.75) is 103 Å². The number of aldehydes is 1. The Morgan fingerprint density at radius 2 is 1.82 bits per heavy atom. The molecule has 0 bridgehead atoms. The molecule has 5 amide bonds. The van der Waals surface area contributed by atoms with Crippen LogP contribution in [0.15, 0.2) is 0 Å². The smallest absolute Gasteiger partial charge is 0.245 e. The van der Waals surface area contributed by atoms with Crippen LogP contribution in [0, 0.1) is 5.92 Å². The Morgan fingerprint density at radius 1 is 1.13 bits per heavy atom. The zero-order valence-electron chi connectivity index (χ0n) is 23.0. The van der Waals surface area contributed by atoms with Crippen molar-refractivity contribution in [3.63, 3.8) is 0 Å². The predicted molar refractivity (Wildman–Crippen MR) is 137 cm³/mol. The minimum atomic E-state index is -1.07. The number of nitrogens with zero attached hydrogens (tertiary/aromatic N) is 2. The molecule has 38 heavy (non-hydrogen) atoms. The van der Waals surface area contributed by atoms with Crippen LogP contribution in [0.5, 0.6) is 0 Å². The second-order valence-corrected chi connectivity index (χ2v) is 10.6. The zero-order chi connectivity index (χ0) is 28.6. The van der Waals surface area contributed by atoms with E-state index >= 15 is 0 Å². The summed E-state index contributed by atoms with van der Waals surface area (Å²) in [4.78, 5) is 89.5. The number of nitrogens with one attached hydrogen (secondary N) is 3. The van der Waals surface area contributed by atoms with Crippen LogP contribution in [0.4, 0.5) is 0 Å². The van der Waals surface area contributed by atoms with Gasteiger partial charge in [0, 0.05) is 26.4 Å². The number of likely N-dealkylation sites (tertiary alicyclic amines) is 1. The van der Waals surface area contributed by atoms with E-state index in [2.05, 4.69) is 16.0 Å². The first-order valence-corrected chi connectivity index (χ1v) is 13.3. The van der Waals surface area contributed by atoms with Gasteiger partial charge in [-0.05, 0) is 51.9 Å². The van der Waals surface area contributed by atoms with Crippen LogP contribution >= 0.6 is 0 Å². The van der Waals surface area contributed by atoms with Crippen LogP contribution in [0.25, 0.3) is 0 Å². The molecule has 0 aromatic heterocycles. The Bertz CT molecular complexity index is 937. The topological polar surface area (TPSA) is 162 Å². The summed E-state index contributed by atoms with van der Waals surface area (Å²) in [5.41, 5.74) is 0. The summed E-state index contributed by atoms with van der Waals surface area (Å²) in [5, 5.41) is 7.69. The predicted octanol–water partition coefficient (Wildman–Crippen LogP) is -0.313. The van der Waals surface area contributed by atoms with E-state index in [-0.39, 0.29) is 42.8 Å². The number of rotatable bonds is 13. The molecular weight excluding hydrogens is 494 g/mol. The number of carbonyl (C=O) groups excluding carboxylic acids is 7. The van der Waals surface area contributed by atoms with Gasteiger partial charge in [0.2, 0.25) is 29.5 Å². The fraction of sp³-hybridized carbons (Fsp3) is 0.731. The van der Waals surface area contributed by atoms with Crippen molar-refractivity contribution < 1.29 is 33.6 Å². The molecule has 0 aliphatic carbocycles. The molecule has 5 atom stereocenters. The lowest BCUT2D eigenvalue weighted by Gasteiger charge is -2.34. The highest BCUT2D eigenvalue weighted by atomic mass is 16.2. The number of Topliss-reactive ketones (excluding diaryl/α,β-unsaturated/α-hetero) is 1. The van der Waals surface area contributed by atoms with Crippen molar-refractivity contribution in [2.24, 2.45) is 5.92 Å². The molecule has 1 unspecified atom stereocenters. The van der Waals surface area contributed by atoms with Gasteiger partial charge in [-0.15, -0.1) is 0 Å². The molecule has 0 saturated carbocycles. The lowest BCUT2D eigenvalue weighted by atomic mass is 9.99. The van der Waals surface area contributed by atoms with Crippen molar-refractivity contribution >= 4 is 41.6 Å². The SMILES string of the molecule is CC(=O)[C@@H](CC(C)C)N(C)C(=O)[C@@H]1CCCN1C(=O)[C@H](C)NC(=O)[C@H](CCC=O)NC(=O)C1CCC(=O)N1. The van der Waals surface area contributed by atoms with Gasteiger partial charge < -0.3 is 30.5 Å². The minimum Gasteiger partial charge on any atom is -0.344 e. The van der Waals surface area contributed by atoms with E-state index in [4.69, 9.17) is 0 Å². The van der Waals surface area contributed by atoms with Gasteiger partial charge in [-0.3, -0.25) is 28.8 Å². The van der Waals surface area contributed by atoms with Gasteiger partial charge in [-0.1, -0.05) is 13.8 Å². The summed E-state index contributed by atoms with van der Waals surface area (Å²) in [6.45, 7) is 7.23. The maximum absolute atomic E-state index is 13.3. The van der Waals surface area contributed by atoms with E-state index in [1.807, 2.05) is 13.8 Å². The number of ketones is 1. The van der Waals surface area contributed by atoms with Gasteiger partial charge in [0.1, 0.15) is 30.5 Å². The van der Waals surface area contributed by atoms with Gasteiger partial charge in [-0.2, -0.15) is 0 Å². The second kappa shape index (κ2) is 14.0. The summed E-state index contributed by atoms with van der Waals surface area (Å²) >= 11 is 0. The molecule has 2 aliphatic rings. The summed E-state index contributed by atoms with van der Waals surface area (Å²) in [6.07, 6.45) is 2.77. The standard InChI is InChI=1S/C26H41N5O7/c1-15(2)14-21(17(4)33)30(5)26(38)20-9-6-12-31(20)25(37)16(3)27-23(35)18(8-7-13-32)29-24(36)19-10-11-22(34)28-19/h13,15-16,18-21H,6-12,14H2,1-5H3,(H,27,35)(H,28,34)(H,29,36)/t16-,18-,19?,20-,21+/m0/s1. The summed E-state index contributed by atoms with van der Waals surface area (Å²) in [5.74, 6) is -2.11. The Hall–Kier alpha value is -3.31. The van der Waals surface area contributed by atoms with E-state index in [9.17, 15) is 33.6 Å². The molecule has 2 aliphatic heterocycles. The molecule has 212 valence electrons. The highest BCUT2D eigenvalue weighted by Crippen LogP contribution is 2.22. The summed E-state index contributed by atoms with van der Waals surface area (Å²) in [7, 11) is 1.58. The molecule has 0 aromatic rings. The molecule has 0 aromatic carbocycles. The maximum atomic E-state index is 13.3. The monoisotopic (exact) mass is 535 g/mol. The molecule has 12 heteroatoms. The van der Waals surface area contributed by atoms with Crippen molar-refractivity contribution in [3.8, 4) is 0 Å². The van der Waals surface area contributed by atoms with E-state index in [0.717, 1.165) is 0 Å². The molecule has 2 rings (SSSR count). The Balaban J connectivity index is 2.06. The number of amides is 5. The van der Waals surface area contributed by atoms with Gasteiger partial charge in [-0.25, -0.2) is 0 Å². The molecular formula is C26H41N5O7. The Kier molecular flexibility index (Phi) is 11.4. The second-order valence-electron chi connectivity index (χ2n) is 10.6. The van der Waals surface area contributed by atoms with Crippen molar-refractivity contribution in [1.29, 1.82) is 0 Å². The zero-order valence-corrected chi connectivity index (χ0v) is 23.0. The van der Waals surface area contributed by atoms with Gasteiger partial charge in [0.15, 0.2) is 5.78 Å². The van der Waals surface area contributed by atoms with E-state index in [0.29, 0.717) is 38.5 Å². The number of hydrogen-bond acceptors (Lipinski definition) is 7. The molecule has 0 radical (unpaired) electrons. The van der Waals surface area contributed by atoms with Crippen LogP contribution in [-0.2, 0) is 33.6 Å². The average Bonchev–Trinajstić information content (AvgIpc) is 3.52. The molecule has 12 nitrogen and oxygen atoms in total. The molecule has 0 spiro atoms. The fourth-order valence-corrected chi connectivity index (χ4v) is 4.93. The maximum Gasteiger partial charge on any atom is 0.245 e. The number of likely N-dealkylation sites (N-methyl/N-ethyl adjacent to an activating group) is 1. The minimum absolute atomic E-state index is 0.0143. The van der Waals surface area contributed by atoms with Gasteiger partial charge in [0.05, 0.1) is 6.04 Å². The van der Waals surface area contributed by atoms with E-state index < -0.39 is 47.9 Å². The third-order valence-corrected chi connectivity index (χ3v) is 7.05. The molecule has 2 saturated heterocycles. The van der Waals surface area contributed by atoms with E-state index in [1.165, 1.54) is 23.6 Å². The number of carbonyl (C=O) groups is 7. The van der Waals surface area contributed by atoms with Crippen LogP contribution in [0.2, 0.25) is 0 Å². The normalized spacial score (nSPS) is 21.3. The van der Waals surface area contributed by atoms with Crippen LogP contribution < -0.4 is 16.0 Å². The first-order valence-electron chi connectivity index (χ1n) is 13.3. The van der Waals surface area contributed by atoms with Crippen LogP contribution in [-0.4, -0.2) is 95.2 Å². The van der Waals surface area contributed by atoms with Crippen LogP contribution in [0.1, 0.15) is 72.6 Å². The van der Waals surface area contributed by atoms with Crippen molar-refractivity contribution in [1.82, 2.24) is 25.8 Å². The van der Waals surface area contributed by atoms with Crippen LogP contribution in [0.3, 0.4) is 0 Å². The highest BCUT2D eigenvalue weighted by Gasteiger charge is 2.40. The van der Waals surface area contributed by atoms with Crippen molar-refractivity contribution in [2.75, 3.05) is 13.6 Å². The fourth-order valence-electron chi connectivity index (χ4n) is 4.93. The van der Waals surface area contributed by atoms with Gasteiger partial charge in [0.25, 0.3) is 0 Å². The summed E-state index contributed by atoms with van der Waals surface area (Å²) < 4.78 is 0. The van der Waals surface area contributed by atoms with E-state index in [1.54, 1.807) is 7.05 Å².